The van der Waals surface area contributed by atoms with E-state index in [4.69, 9.17) is 4.98 Å². The Morgan fingerprint density at radius 3 is 2.17 bits per heavy atom. The Labute approximate surface area is 218 Å². The molecule has 36 heavy (non-hydrogen) atoms. The molecule has 0 aliphatic carbocycles. The summed E-state index contributed by atoms with van der Waals surface area (Å²) in [6.45, 7) is 7.39. The molecule has 0 unspecified atom stereocenters. The molecular weight excluding hydrogens is 488 g/mol. The zero-order valence-corrected chi connectivity index (χ0v) is 22.6. The molecule has 3 heterocycles. The number of aromatic nitrogens is 8. The highest BCUT2D eigenvalue weighted by Gasteiger charge is 2.24. The van der Waals surface area contributed by atoms with Gasteiger partial charge < -0.3 is 4.57 Å². The zero-order valence-electron chi connectivity index (χ0n) is 21.0. The molecule has 0 saturated heterocycles. The molecule has 0 fully saturated rings. The monoisotopic (exact) mass is 516 g/mol. The lowest BCUT2D eigenvalue weighted by Gasteiger charge is -2.20. The number of aromatic amines is 1. The van der Waals surface area contributed by atoms with Gasteiger partial charge in [0, 0.05) is 12.0 Å². The smallest absolute Gasteiger partial charge is 0.205 e. The van der Waals surface area contributed by atoms with Crippen LogP contribution in [0.25, 0.3) is 33.5 Å². The fourth-order valence-electron chi connectivity index (χ4n) is 4.39. The van der Waals surface area contributed by atoms with Gasteiger partial charge in [0.2, 0.25) is 5.82 Å². The van der Waals surface area contributed by atoms with E-state index in [0.717, 1.165) is 50.0 Å². The van der Waals surface area contributed by atoms with E-state index < -0.39 is 0 Å². The Bertz CT molecular complexity index is 1500. The number of H-pyrrole nitrogens is 1. The van der Waals surface area contributed by atoms with Crippen molar-refractivity contribution in [3.63, 3.8) is 0 Å². The van der Waals surface area contributed by atoms with E-state index in [-0.39, 0.29) is 5.41 Å². The highest BCUT2D eigenvalue weighted by Crippen LogP contribution is 2.36. The summed E-state index contributed by atoms with van der Waals surface area (Å²) in [7, 11) is 0. The van der Waals surface area contributed by atoms with Gasteiger partial charge in [0.05, 0.1) is 6.54 Å². The normalized spacial score (nSPS) is 11.9. The van der Waals surface area contributed by atoms with E-state index in [9.17, 15) is 0 Å². The van der Waals surface area contributed by atoms with Gasteiger partial charge in [-0.15, -0.1) is 43.9 Å². The maximum absolute atomic E-state index is 5.13. The molecule has 2 aromatic carbocycles. The highest BCUT2D eigenvalue weighted by atomic mass is 32.2. The van der Waals surface area contributed by atoms with Gasteiger partial charge >= 0.3 is 0 Å². The van der Waals surface area contributed by atoms with Crippen molar-refractivity contribution in [2.45, 2.75) is 43.8 Å². The first-order valence-corrected chi connectivity index (χ1v) is 14.1. The lowest BCUT2D eigenvalue weighted by Crippen LogP contribution is -2.15. The summed E-state index contributed by atoms with van der Waals surface area (Å²) in [6, 6.07) is 16.7. The largest absolute Gasteiger partial charge is 0.321 e. The highest BCUT2D eigenvalue weighted by molar-refractivity contribution is 7.99. The van der Waals surface area contributed by atoms with Crippen LogP contribution in [0.3, 0.4) is 0 Å². The van der Waals surface area contributed by atoms with Gasteiger partial charge in [-0.2, -0.15) is 5.21 Å². The lowest BCUT2D eigenvalue weighted by molar-refractivity contribution is 0.394. The molecule has 0 atom stereocenters. The predicted octanol–water partition coefficient (Wildman–Crippen LogP) is 5.75. The molecule has 184 valence electrons. The summed E-state index contributed by atoms with van der Waals surface area (Å²) in [5, 5.41) is 25.5. The topological polar surface area (TPSA) is 98.1 Å². The van der Waals surface area contributed by atoms with Crippen molar-refractivity contribution in [2.75, 3.05) is 12.5 Å². The van der Waals surface area contributed by atoms with Crippen LogP contribution < -0.4 is 0 Å². The first-order chi connectivity index (χ1) is 17.4. The van der Waals surface area contributed by atoms with Crippen LogP contribution in [-0.4, -0.2) is 52.9 Å². The van der Waals surface area contributed by atoms with Gasteiger partial charge in [0.25, 0.3) is 0 Å². The van der Waals surface area contributed by atoms with Crippen LogP contribution in [0.15, 0.2) is 58.6 Å². The molecule has 0 bridgehead atoms. The van der Waals surface area contributed by atoms with E-state index in [0.29, 0.717) is 12.4 Å². The molecule has 0 amide bonds. The molecule has 10 heteroatoms. The minimum absolute atomic E-state index is 0.0732. The van der Waals surface area contributed by atoms with Crippen LogP contribution in [0.2, 0.25) is 0 Å². The van der Waals surface area contributed by atoms with E-state index in [1.54, 1.807) is 23.5 Å². The summed E-state index contributed by atoms with van der Waals surface area (Å²) in [5.74, 6) is 1.62. The Balaban J connectivity index is 1.70. The molecule has 8 nitrogen and oxygen atoms in total. The fraction of sp³-hybridized carbons (Fsp3) is 0.308. The van der Waals surface area contributed by atoms with Crippen LogP contribution >= 0.6 is 23.5 Å². The van der Waals surface area contributed by atoms with Crippen LogP contribution in [0.5, 0.6) is 0 Å². The molecule has 3 aromatic heterocycles. The summed E-state index contributed by atoms with van der Waals surface area (Å²) < 4.78 is 2.33. The second kappa shape index (κ2) is 10.0. The maximum Gasteiger partial charge on any atom is 0.205 e. The second-order valence-corrected chi connectivity index (χ2v) is 11.3. The summed E-state index contributed by atoms with van der Waals surface area (Å²) >= 11 is 3.19. The van der Waals surface area contributed by atoms with Crippen LogP contribution in [0.4, 0.5) is 0 Å². The Kier molecular flexibility index (Phi) is 6.81. The minimum Gasteiger partial charge on any atom is -0.321 e. The van der Waals surface area contributed by atoms with E-state index >= 15 is 0 Å². The first kappa shape index (κ1) is 24.5. The molecule has 1 N–H and O–H groups in total. The standard InChI is InChI=1S/C26H28N8S2/c1-26(2,3)14-20-27-21-22(25(36-5)31-30-24(21)35-4)34(20)15-16-10-6-7-11-17(16)18-12-8-9-13-19(18)23-28-32-33-29-23/h6-13H,14-15H2,1-5H3,(H,28,29,32,33). The van der Waals surface area contributed by atoms with Gasteiger partial charge in [-0.25, -0.2) is 4.98 Å². The van der Waals surface area contributed by atoms with Crippen molar-refractivity contribution in [1.82, 2.24) is 40.4 Å². The molecule has 0 radical (unpaired) electrons. The summed E-state index contributed by atoms with van der Waals surface area (Å²) in [4.78, 5) is 5.13. The lowest BCUT2D eigenvalue weighted by atomic mass is 9.91. The maximum atomic E-state index is 5.13. The summed E-state index contributed by atoms with van der Waals surface area (Å²) in [6.07, 6.45) is 4.90. The molecule has 5 aromatic rings. The van der Waals surface area contributed by atoms with Crippen molar-refractivity contribution in [3.8, 4) is 22.5 Å². The molecule has 5 rings (SSSR count). The number of nitrogens with one attached hydrogen (secondary N) is 1. The van der Waals surface area contributed by atoms with E-state index in [1.807, 2.05) is 30.7 Å². The van der Waals surface area contributed by atoms with Gasteiger partial charge in [-0.3, -0.25) is 0 Å². The fourth-order valence-corrected chi connectivity index (χ4v) is 5.37. The molecule has 0 saturated carbocycles. The van der Waals surface area contributed by atoms with E-state index in [2.05, 4.69) is 86.5 Å². The SMILES string of the molecule is CSc1nnc(SC)c2c1nc(CC(C)(C)C)n2Cc1ccccc1-c1ccccc1-c1nn[nH]n1. The molecular formula is C26H28N8S2. The average molecular weight is 517 g/mol. The quantitative estimate of drug-likeness (QED) is 0.273. The third-order valence-corrected chi connectivity index (χ3v) is 7.23. The van der Waals surface area contributed by atoms with Crippen molar-refractivity contribution in [1.29, 1.82) is 0 Å². The molecule has 0 aliphatic heterocycles. The van der Waals surface area contributed by atoms with Crippen molar-refractivity contribution in [3.05, 3.63) is 59.9 Å². The number of fused-ring (bicyclic) bond motifs is 1. The minimum atomic E-state index is 0.0732. The van der Waals surface area contributed by atoms with Crippen LogP contribution in [0.1, 0.15) is 32.2 Å². The van der Waals surface area contributed by atoms with Gasteiger partial charge in [0.15, 0.2) is 0 Å². The second-order valence-electron chi connectivity index (χ2n) is 9.71. The van der Waals surface area contributed by atoms with Crippen molar-refractivity contribution >= 4 is 34.6 Å². The van der Waals surface area contributed by atoms with Gasteiger partial charge in [0.1, 0.15) is 26.9 Å². The Hall–Kier alpha value is -3.24. The predicted molar refractivity (Wildman–Crippen MR) is 146 cm³/mol. The van der Waals surface area contributed by atoms with E-state index in [1.165, 1.54) is 5.56 Å². The first-order valence-electron chi connectivity index (χ1n) is 11.6. The third-order valence-electron chi connectivity index (χ3n) is 5.91. The number of hydrogen-bond donors (Lipinski definition) is 1. The Morgan fingerprint density at radius 2 is 1.50 bits per heavy atom. The number of hydrogen-bond acceptors (Lipinski definition) is 8. The number of nitrogens with zero attached hydrogens (tertiary/aromatic N) is 7. The van der Waals surface area contributed by atoms with Gasteiger partial charge in [-0.1, -0.05) is 69.3 Å². The number of imidazole rings is 1. The number of thioether (sulfide) groups is 2. The van der Waals surface area contributed by atoms with Crippen LogP contribution in [0, 0.1) is 5.41 Å². The zero-order chi connectivity index (χ0) is 25.3. The number of tetrazole rings is 1. The van der Waals surface area contributed by atoms with Crippen molar-refractivity contribution in [2.24, 2.45) is 5.41 Å². The molecule has 0 spiro atoms. The Morgan fingerprint density at radius 1 is 0.833 bits per heavy atom. The van der Waals surface area contributed by atoms with Crippen LogP contribution in [-0.2, 0) is 13.0 Å². The van der Waals surface area contributed by atoms with Crippen molar-refractivity contribution < 1.29 is 0 Å². The number of benzene rings is 2. The van der Waals surface area contributed by atoms with Gasteiger partial charge in [-0.05, 0) is 39.8 Å². The third kappa shape index (κ3) is 4.75. The number of rotatable bonds is 7. The average Bonchev–Trinajstić information content (AvgIpc) is 3.52. The molecule has 0 aliphatic rings. The summed E-state index contributed by atoms with van der Waals surface area (Å²) in [5.41, 5.74) is 6.34.